The van der Waals surface area contributed by atoms with Crippen LogP contribution in [0.25, 0.3) is 0 Å². The zero-order chi connectivity index (χ0) is 19.2. The van der Waals surface area contributed by atoms with Crippen molar-refractivity contribution < 1.29 is 13.2 Å². The minimum absolute atomic E-state index is 0.0308. The molecule has 0 aliphatic heterocycles. The quantitative estimate of drug-likeness (QED) is 0.724. The van der Waals surface area contributed by atoms with Gasteiger partial charge in [0.2, 0.25) is 15.9 Å². The molecule has 1 saturated carbocycles. The van der Waals surface area contributed by atoms with Crippen molar-refractivity contribution in [2.45, 2.75) is 70.8 Å². The number of amides is 1. The third-order valence-corrected chi connectivity index (χ3v) is 6.41. The third kappa shape index (κ3) is 6.09. The zero-order valence-electron chi connectivity index (χ0n) is 16.2. The Morgan fingerprint density at radius 2 is 1.77 bits per heavy atom. The summed E-state index contributed by atoms with van der Waals surface area (Å²) in [5, 5.41) is 2.95. The molecule has 0 aromatic heterocycles. The molecule has 1 aromatic carbocycles. The molecule has 1 fully saturated rings. The second kappa shape index (κ2) is 9.51. The molecule has 0 saturated heterocycles. The van der Waals surface area contributed by atoms with E-state index in [1.54, 1.807) is 4.31 Å². The van der Waals surface area contributed by atoms with Gasteiger partial charge >= 0.3 is 0 Å². The molecule has 2 rings (SSSR count). The molecule has 6 heteroatoms. The van der Waals surface area contributed by atoms with Crippen LogP contribution in [-0.4, -0.2) is 37.5 Å². The number of hydrogen-bond acceptors (Lipinski definition) is 3. The van der Waals surface area contributed by atoms with E-state index in [0.717, 1.165) is 36.9 Å². The normalized spacial score (nSPS) is 16.7. The summed E-state index contributed by atoms with van der Waals surface area (Å²) < 4.78 is 26.1. The van der Waals surface area contributed by atoms with E-state index >= 15 is 0 Å². The lowest BCUT2D eigenvalue weighted by Crippen LogP contribution is -2.41. The molecule has 1 amide bonds. The highest BCUT2D eigenvalue weighted by Crippen LogP contribution is 2.25. The minimum Gasteiger partial charge on any atom is -0.326 e. The molecule has 146 valence electrons. The maximum absolute atomic E-state index is 12.4. The summed E-state index contributed by atoms with van der Waals surface area (Å²) in [6.07, 6.45) is 7.67. The summed E-state index contributed by atoms with van der Waals surface area (Å²) in [6.45, 7) is 4.42. The average Bonchev–Trinajstić information content (AvgIpc) is 2.83. The van der Waals surface area contributed by atoms with Gasteiger partial charge in [0.25, 0.3) is 0 Å². The van der Waals surface area contributed by atoms with Gasteiger partial charge in [-0.05, 0) is 30.4 Å². The molecule has 1 aliphatic rings. The van der Waals surface area contributed by atoms with Crippen LogP contribution >= 0.6 is 0 Å². The van der Waals surface area contributed by atoms with Crippen molar-refractivity contribution in [3.05, 3.63) is 29.8 Å². The van der Waals surface area contributed by atoms with E-state index < -0.39 is 10.0 Å². The lowest BCUT2D eigenvalue weighted by Gasteiger charge is -2.28. The Hall–Kier alpha value is -1.40. The van der Waals surface area contributed by atoms with Gasteiger partial charge in [-0.15, -0.1) is 0 Å². The maximum atomic E-state index is 12.4. The summed E-state index contributed by atoms with van der Waals surface area (Å²) in [5.41, 5.74) is 1.90. The molecule has 0 bridgehead atoms. The van der Waals surface area contributed by atoms with Crippen molar-refractivity contribution in [1.82, 2.24) is 4.31 Å². The molecule has 0 atom stereocenters. The summed E-state index contributed by atoms with van der Waals surface area (Å²) in [5.74, 6) is 0.172. The van der Waals surface area contributed by atoms with Gasteiger partial charge in [-0.3, -0.25) is 4.79 Å². The van der Waals surface area contributed by atoms with Crippen LogP contribution in [-0.2, 0) is 14.8 Å². The molecule has 1 aromatic rings. The second-order valence-electron chi connectivity index (χ2n) is 7.56. The molecule has 0 unspecified atom stereocenters. The number of benzene rings is 1. The van der Waals surface area contributed by atoms with Crippen molar-refractivity contribution in [3.63, 3.8) is 0 Å². The van der Waals surface area contributed by atoms with Gasteiger partial charge in [0.05, 0.1) is 6.26 Å². The highest BCUT2D eigenvalue weighted by molar-refractivity contribution is 7.88. The molecule has 0 spiro atoms. The van der Waals surface area contributed by atoms with Gasteiger partial charge < -0.3 is 5.32 Å². The van der Waals surface area contributed by atoms with Gasteiger partial charge in [-0.2, -0.15) is 4.31 Å². The first-order valence-corrected chi connectivity index (χ1v) is 11.5. The van der Waals surface area contributed by atoms with Crippen LogP contribution in [0.2, 0.25) is 0 Å². The SMILES string of the molecule is CC(C)c1ccccc1NC(=O)CCN(C1CCCCCC1)S(C)(=O)=O. The number of carbonyl (C=O) groups is 1. The van der Waals surface area contributed by atoms with Gasteiger partial charge in [0.15, 0.2) is 0 Å². The first-order valence-electron chi connectivity index (χ1n) is 9.64. The Morgan fingerprint density at radius 3 is 2.35 bits per heavy atom. The number of hydrogen-bond donors (Lipinski definition) is 1. The predicted octanol–water partition coefficient (Wildman–Crippen LogP) is 4.12. The first kappa shape index (κ1) is 20.9. The van der Waals surface area contributed by atoms with Crippen molar-refractivity contribution in [2.24, 2.45) is 0 Å². The van der Waals surface area contributed by atoms with Crippen LogP contribution in [0, 0.1) is 0 Å². The predicted molar refractivity (Wildman–Crippen MR) is 107 cm³/mol. The van der Waals surface area contributed by atoms with Crippen molar-refractivity contribution >= 4 is 21.6 Å². The Kier molecular flexibility index (Phi) is 7.65. The molecule has 1 aliphatic carbocycles. The molecule has 0 heterocycles. The fourth-order valence-electron chi connectivity index (χ4n) is 3.70. The molecule has 0 radical (unpaired) electrons. The van der Waals surface area contributed by atoms with Crippen LogP contribution in [0.4, 0.5) is 5.69 Å². The summed E-state index contributed by atoms with van der Waals surface area (Å²) in [6, 6.07) is 7.79. The van der Waals surface area contributed by atoms with Crippen molar-refractivity contribution in [1.29, 1.82) is 0 Å². The third-order valence-electron chi connectivity index (χ3n) is 5.07. The topological polar surface area (TPSA) is 66.5 Å². The van der Waals surface area contributed by atoms with Gasteiger partial charge in [0.1, 0.15) is 0 Å². The van der Waals surface area contributed by atoms with E-state index in [1.165, 1.54) is 19.1 Å². The van der Waals surface area contributed by atoms with Crippen molar-refractivity contribution in [2.75, 3.05) is 18.1 Å². The zero-order valence-corrected chi connectivity index (χ0v) is 17.0. The van der Waals surface area contributed by atoms with E-state index in [-0.39, 0.29) is 24.9 Å². The molecule has 26 heavy (non-hydrogen) atoms. The molecule has 5 nitrogen and oxygen atoms in total. The van der Waals surface area contributed by atoms with Crippen LogP contribution in [0.3, 0.4) is 0 Å². The van der Waals surface area contributed by atoms with Crippen LogP contribution in [0.15, 0.2) is 24.3 Å². The second-order valence-corrected chi connectivity index (χ2v) is 9.49. The van der Waals surface area contributed by atoms with Gasteiger partial charge in [0, 0.05) is 24.7 Å². The molecule has 1 N–H and O–H groups in total. The number of anilines is 1. The Balaban J connectivity index is 2.01. The van der Waals surface area contributed by atoms with E-state index in [2.05, 4.69) is 19.2 Å². The first-order chi connectivity index (χ1) is 12.3. The lowest BCUT2D eigenvalue weighted by atomic mass is 10.0. The van der Waals surface area contributed by atoms with Crippen LogP contribution in [0.1, 0.15) is 70.3 Å². The van der Waals surface area contributed by atoms with E-state index in [1.807, 2.05) is 24.3 Å². The molecular formula is C20H32N2O3S. The monoisotopic (exact) mass is 380 g/mol. The number of para-hydroxylation sites is 1. The largest absolute Gasteiger partial charge is 0.326 e. The Labute approximate surface area is 158 Å². The highest BCUT2D eigenvalue weighted by atomic mass is 32.2. The van der Waals surface area contributed by atoms with Crippen LogP contribution < -0.4 is 5.32 Å². The maximum Gasteiger partial charge on any atom is 0.225 e. The van der Waals surface area contributed by atoms with Crippen molar-refractivity contribution in [3.8, 4) is 0 Å². The molecular weight excluding hydrogens is 348 g/mol. The minimum atomic E-state index is -3.32. The Morgan fingerprint density at radius 1 is 1.15 bits per heavy atom. The number of carbonyl (C=O) groups excluding carboxylic acids is 1. The van der Waals surface area contributed by atoms with Gasteiger partial charge in [-0.25, -0.2) is 8.42 Å². The lowest BCUT2D eigenvalue weighted by molar-refractivity contribution is -0.116. The van der Waals surface area contributed by atoms with Gasteiger partial charge in [-0.1, -0.05) is 57.7 Å². The highest BCUT2D eigenvalue weighted by Gasteiger charge is 2.27. The average molecular weight is 381 g/mol. The Bertz CT molecular complexity index is 693. The standard InChI is InChI=1S/C20H32N2O3S/c1-16(2)18-12-8-9-13-19(18)21-20(23)14-15-22(26(3,24)25)17-10-6-4-5-7-11-17/h8-9,12-13,16-17H,4-7,10-11,14-15H2,1-3H3,(H,21,23). The summed E-state index contributed by atoms with van der Waals surface area (Å²) in [4.78, 5) is 12.4. The van der Waals surface area contributed by atoms with E-state index in [4.69, 9.17) is 0 Å². The smallest absolute Gasteiger partial charge is 0.225 e. The van der Waals surface area contributed by atoms with E-state index in [9.17, 15) is 13.2 Å². The number of nitrogens with one attached hydrogen (secondary N) is 1. The van der Waals surface area contributed by atoms with Crippen LogP contribution in [0.5, 0.6) is 0 Å². The number of rotatable bonds is 7. The van der Waals surface area contributed by atoms with E-state index in [0.29, 0.717) is 5.92 Å². The summed E-state index contributed by atoms with van der Waals surface area (Å²) in [7, 11) is -3.32. The fourth-order valence-corrected chi connectivity index (χ4v) is 4.88. The summed E-state index contributed by atoms with van der Waals surface area (Å²) >= 11 is 0. The number of sulfonamides is 1. The fraction of sp³-hybridized carbons (Fsp3) is 0.650. The number of nitrogens with zero attached hydrogens (tertiary/aromatic N) is 1.